The third kappa shape index (κ3) is 42.0. The molecule has 1 aliphatic rings. The fraction of sp³-hybridized carbons (Fsp3) is 0.877. The summed E-state index contributed by atoms with van der Waals surface area (Å²) in [5, 5.41) is 2.75. The van der Waals surface area contributed by atoms with E-state index in [0.717, 1.165) is 83.7 Å². The fourth-order valence-electron chi connectivity index (χ4n) is 8.33. The van der Waals surface area contributed by atoms with Gasteiger partial charge in [-0.1, -0.05) is 136 Å². The van der Waals surface area contributed by atoms with Crippen LogP contribution in [-0.2, 0) is 61.9 Å². The number of unbranched alkanes of at least 4 members (excludes halogenated alkanes) is 21. The molecule has 1 saturated heterocycles. The number of carbonyl (C=O) groups is 7. The Morgan fingerprint density at radius 3 is 0.945 bits per heavy atom. The van der Waals surface area contributed by atoms with Gasteiger partial charge in [-0.2, -0.15) is 0 Å². The number of carbonyl (C=O) groups excluding carboxylic acids is 7. The third-order valence-electron chi connectivity index (χ3n) is 13.1. The first-order chi connectivity index (χ1) is 35.5. The molecule has 1 fully saturated rings. The molecule has 0 aromatic rings. The summed E-state index contributed by atoms with van der Waals surface area (Å²) in [4.78, 5) is 91.7. The molecule has 0 aromatic heterocycles. The van der Waals surface area contributed by atoms with Gasteiger partial charge in [-0.05, 0) is 83.7 Å². The van der Waals surface area contributed by atoms with Crippen LogP contribution in [0.25, 0.3) is 0 Å². The van der Waals surface area contributed by atoms with Gasteiger partial charge in [0.2, 0.25) is 0 Å². The zero-order valence-corrected chi connectivity index (χ0v) is 46.2. The first-order valence-corrected chi connectivity index (χ1v) is 29.1. The van der Waals surface area contributed by atoms with Crippen LogP contribution in [0, 0.1) is 5.41 Å². The van der Waals surface area contributed by atoms with Gasteiger partial charge in [0.15, 0.2) is 0 Å². The van der Waals surface area contributed by atoms with Crippen molar-refractivity contribution in [3.63, 3.8) is 0 Å². The Kier molecular flexibility index (Phi) is 43.9. The quantitative estimate of drug-likeness (QED) is 0.0342. The van der Waals surface area contributed by atoms with E-state index in [-0.39, 0.29) is 56.4 Å². The molecule has 73 heavy (non-hydrogen) atoms. The number of hydrogen-bond acceptors (Lipinski definition) is 15. The maximum absolute atomic E-state index is 13.2. The van der Waals surface area contributed by atoms with Gasteiger partial charge in [0.25, 0.3) is 0 Å². The molecule has 16 heteroatoms. The van der Waals surface area contributed by atoms with Gasteiger partial charge in [0, 0.05) is 51.6 Å². The van der Waals surface area contributed by atoms with Crippen LogP contribution < -0.4 is 5.32 Å². The van der Waals surface area contributed by atoms with E-state index in [1.165, 1.54) is 77.0 Å². The van der Waals surface area contributed by atoms with Gasteiger partial charge in [-0.15, -0.1) is 0 Å². The Morgan fingerprint density at radius 1 is 0.356 bits per heavy atom. The molecule has 0 bridgehead atoms. The molecule has 0 aliphatic carbocycles. The van der Waals surface area contributed by atoms with Gasteiger partial charge in [0.05, 0.1) is 19.8 Å². The minimum atomic E-state index is -1.48. The Balaban J connectivity index is 2.87. The van der Waals surface area contributed by atoms with E-state index in [1.807, 2.05) is 0 Å². The molecule has 16 nitrogen and oxygen atoms in total. The van der Waals surface area contributed by atoms with Crippen molar-refractivity contribution in [2.24, 2.45) is 5.41 Å². The smallest absolute Gasteiger partial charge is 0.407 e. The molecule has 424 valence electrons. The zero-order valence-electron chi connectivity index (χ0n) is 46.2. The van der Waals surface area contributed by atoms with Crippen LogP contribution in [0.1, 0.15) is 245 Å². The van der Waals surface area contributed by atoms with Crippen molar-refractivity contribution in [2.45, 2.75) is 245 Å². The van der Waals surface area contributed by atoms with E-state index >= 15 is 0 Å². The van der Waals surface area contributed by atoms with Crippen molar-refractivity contribution in [3.8, 4) is 0 Å². The second kappa shape index (κ2) is 47.7. The van der Waals surface area contributed by atoms with E-state index < -0.39 is 55.8 Å². The number of alkyl carbamates (subject to hydrolysis) is 1. The van der Waals surface area contributed by atoms with Crippen LogP contribution in [0.5, 0.6) is 0 Å². The molecule has 0 radical (unpaired) electrons. The number of likely N-dealkylation sites (tertiary alicyclic amines) is 1. The zero-order chi connectivity index (χ0) is 53.3. The van der Waals surface area contributed by atoms with Crippen molar-refractivity contribution < 1.29 is 66.7 Å². The molecule has 0 atom stereocenters. The molecule has 1 N–H and O–H groups in total. The number of amides is 1. The van der Waals surface area contributed by atoms with E-state index in [0.29, 0.717) is 71.4 Å². The lowest BCUT2D eigenvalue weighted by atomic mass is 9.92. The highest BCUT2D eigenvalue weighted by Gasteiger charge is 2.38. The molecule has 1 rings (SSSR count). The summed E-state index contributed by atoms with van der Waals surface area (Å²) in [6.45, 7) is 8.95. The second-order valence-corrected chi connectivity index (χ2v) is 20.2. The maximum atomic E-state index is 13.2. The van der Waals surface area contributed by atoms with Gasteiger partial charge < -0.3 is 43.4 Å². The molecular formula is C57H102N2O14. The molecule has 0 spiro atoms. The highest BCUT2D eigenvalue weighted by Crippen LogP contribution is 2.23. The van der Waals surface area contributed by atoms with Gasteiger partial charge in [-0.25, -0.2) is 4.79 Å². The third-order valence-corrected chi connectivity index (χ3v) is 13.1. The Hall–Kier alpha value is -3.95. The Labute approximate surface area is 440 Å². The lowest BCUT2D eigenvalue weighted by Crippen LogP contribution is -2.45. The summed E-state index contributed by atoms with van der Waals surface area (Å²) in [5.74, 6) is -2.70. The molecule has 1 amide bonds. The highest BCUT2D eigenvalue weighted by atomic mass is 16.6. The van der Waals surface area contributed by atoms with Crippen LogP contribution in [0.15, 0.2) is 0 Å². The van der Waals surface area contributed by atoms with Crippen molar-refractivity contribution in [2.75, 3.05) is 72.4 Å². The van der Waals surface area contributed by atoms with Crippen molar-refractivity contribution in [1.82, 2.24) is 10.2 Å². The normalized spacial score (nSPS) is 12.5. The molecule has 0 aromatic carbocycles. The standard InChI is InChI=1S/C57H102N2O14/c1-4-7-10-13-16-19-30-43-67-50(60)33-22-25-36-53(63)70-46-57(49-73-56(66)58-39-42-59-40-28-29-41-59,47-71-54(64)37-26-23-34-51(61)68-44-31-20-17-14-11-8-5-2)48-72-55(65)38-27-24-35-52(62)69-45-32-21-18-15-12-9-6-3/h4-49H2,1-3H3,(H,58,66). The fourth-order valence-corrected chi connectivity index (χ4v) is 8.33. The lowest BCUT2D eigenvalue weighted by molar-refractivity contribution is -0.166. The first kappa shape index (κ1) is 67.1. The summed E-state index contributed by atoms with van der Waals surface area (Å²) in [6.07, 6.45) is 27.8. The maximum Gasteiger partial charge on any atom is 0.407 e. The minimum Gasteiger partial charge on any atom is -0.466 e. The van der Waals surface area contributed by atoms with Crippen molar-refractivity contribution >= 4 is 41.9 Å². The molecule has 0 saturated carbocycles. The molecular weight excluding hydrogens is 937 g/mol. The second-order valence-electron chi connectivity index (χ2n) is 20.2. The number of nitrogens with one attached hydrogen (secondary N) is 1. The van der Waals surface area contributed by atoms with Crippen molar-refractivity contribution in [1.29, 1.82) is 0 Å². The lowest BCUT2D eigenvalue weighted by Gasteiger charge is -2.31. The van der Waals surface area contributed by atoms with Gasteiger partial charge in [0.1, 0.15) is 31.8 Å². The predicted molar refractivity (Wildman–Crippen MR) is 283 cm³/mol. The average molecular weight is 1040 g/mol. The van der Waals surface area contributed by atoms with Gasteiger partial charge in [-0.3, -0.25) is 28.8 Å². The van der Waals surface area contributed by atoms with Gasteiger partial charge >= 0.3 is 41.9 Å². The van der Waals surface area contributed by atoms with E-state index in [1.54, 1.807) is 0 Å². The molecule has 0 unspecified atom stereocenters. The largest absolute Gasteiger partial charge is 0.466 e. The number of nitrogens with zero attached hydrogens (tertiary/aromatic N) is 1. The number of hydrogen-bond donors (Lipinski definition) is 1. The summed E-state index contributed by atoms with van der Waals surface area (Å²) in [5.41, 5.74) is -1.48. The molecule has 1 heterocycles. The van der Waals surface area contributed by atoms with Crippen LogP contribution in [0.2, 0.25) is 0 Å². The van der Waals surface area contributed by atoms with E-state index in [2.05, 4.69) is 31.0 Å². The summed E-state index contributed by atoms with van der Waals surface area (Å²) < 4.78 is 38.9. The Morgan fingerprint density at radius 2 is 0.630 bits per heavy atom. The minimum absolute atomic E-state index is 0.0124. The summed E-state index contributed by atoms with van der Waals surface area (Å²) in [7, 11) is 0. The number of rotatable bonds is 50. The van der Waals surface area contributed by atoms with Crippen LogP contribution in [-0.4, -0.2) is 119 Å². The summed E-state index contributed by atoms with van der Waals surface area (Å²) >= 11 is 0. The van der Waals surface area contributed by atoms with Crippen molar-refractivity contribution in [3.05, 3.63) is 0 Å². The first-order valence-electron chi connectivity index (χ1n) is 29.1. The topological polar surface area (TPSA) is 199 Å². The average Bonchev–Trinajstić information content (AvgIpc) is 3.91. The number of ether oxygens (including phenoxy) is 7. The monoisotopic (exact) mass is 1040 g/mol. The van der Waals surface area contributed by atoms with E-state index in [4.69, 9.17) is 33.2 Å². The highest BCUT2D eigenvalue weighted by molar-refractivity contribution is 5.72. The van der Waals surface area contributed by atoms with E-state index in [9.17, 15) is 33.6 Å². The van der Waals surface area contributed by atoms with Crippen LogP contribution in [0.3, 0.4) is 0 Å². The Bertz CT molecular complexity index is 1300. The summed E-state index contributed by atoms with van der Waals surface area (Å²) in [6, 6.07) is 0. The predicted octanol–water partition coefficient (Wildman–Crippen LogP) is 12.0. The SMILES string of the molecule is CCCCCCCCCOC(=O)CCCCC(=O)OCC(COC(=O)CCCCC(=O)OCCCCCCCCC)(COC(=O)CCCCC(=O)OCCCCCCCCC)COC(=O)NCCN1CCCC1. The van der Waals surface area contributed by atoms with Crippen LogP contribution in [0.4, 0.5) is 4.79 Å². The number of esters is 6. The van der Waals surface area contributed by atoms with Crippen LogP contribution >= 0.6 is 0 Å². The molecule has 1 aliphatic heterocycles.